The molecule has 0 saturated carbocycles. The van der Waals surface area contributed by atoms with Crippen LogP contribution in [0.15, 0.2) is 71.2 Å². The first-order chi connectivity index (χ1) is 14.6. The van der Waals surface area contributed by atoms with Crippen LogP contribution in [-0.4, -0.2) is 31.6 Å². The fourth-order valence-electron chi connectivity index (χ4n) is 3.59. The molecule has 0 aliphatic carbocycles. The summed E-state index contributed by atoms with van der Waals surface area (Å²) in [7, 11) is 3.27. The lowest BCUT2D eigenvalue weighted by Gasteiger charge is -2.28. The number of methoxy groups -OCH3 is 2. The summed E-state index contributed by atoms with van der Waals surface area (Å²) in [6.07, 6.45) is 0. The van der Waals surface area contributed by atoms with Crippen LogP contribution < -0.4 is 14.2 Å². The van der Waals surface area contributed by atoms with E-state index in [-0.39, 0.29) is 11.9 Å². The summed E-state index contributed by atoms with van der Waals surface area (Å²) in [5.74, 6) is 2.27. The first-order valence-corrected chi connectivity index (χ1v) is 10.4. The molecule has 6 heteroatoms. The molecule has 1 amide bonds. The number of halogens is 1. The minimum atomic E-state index is -0.239. The van der Waals surface area contributed by atoms with Crippen LogP contribution >= 0.6 is 15.9 Å². The van der Waals surface area contributed by atoms with Gasteiger partial charge < -0.3 is 19.1 Å². The zero-order chi connectivity index (χ0) is 21.1. The molecule has 0 fully saturated rings. The summed E-state index contributed by atoms with van der Waals surface area (Å²) in [6.45, 7) is 0.879. The Bertz CT molecular complexity index is 1030. The van der Waals surface area contributed by atoms with Crippen molar-refractivity contribution in [1.29, 1.82) is 0 Å². The van der Waals surface area contributed by atoms with E-state index in [1.165, 1.54) is 0 Å². The molecule has 3 aromatic rings. The molecule has 5 nitrogen and oxygen atoms in total. The molecule has 1 aliphatic heterocycles. The van der Waals surface area contributed by atoms with Gasteiger partial charge >= 0.3 is 0 Å². The molecule has 1 atom stereocenters. The van der Waals surface area contributed by atoms with Gasteiger partial charge in [-0.15, -0.1) is 0 Å². The van der Waals surface area contributed by atoms with Gasteiger partial charge in [-0.05, 0) is 59.7 Å². The monoisotopic (exact) mass is 467 g/mol. The Hall–Kier alpha value is -2.99. The molecule has 0 spiro atoms. The van der Waals surface area contributed by atoms with E-state index in [2.05, 4.69) is 15.9 Å². The van der Waals surface area contributed by atoms with Crippen LogP contribution in [0.1, 0.15) is 27.5 Å². The fraction of sp³-hybridized carbons (Fsp3) is 0.208. The Morgan fingerprint density at radius 1 is 0.900 bits per heavy atom. The number of nitrogens with zero attached hydrogens (tertiary/aromatic N) is 1. The summed E-state index contributed by atoms with van der Waals surface area (Å²) < 4.78 is 17.5. The van der Waals surface area contributed by atoms with Crippen LogP contribution in [0.4, 0.5) is 0 Å². The Balaban J connectivity index is 1.60. The molecule has 1 heterocycles. The van der Waals surface area contributed by atoms with Crippen LogP contribution in [0.3, 0.4) is 0 Å². The van der Waals surface area contributed by atoms with E-state index >= 15 is 0 Å². The molecule has 0 saturated heterocycles. The van der Waals surface area contributed by atoms with Gasteiger partial charge in [-0.3, -0.25) is 4.79 Å². The smallest absolute Gasteiger partial charge is 0.255 e. The highest BCUT2D eigenvalue weighted by Crippen LogP contribution is 2.34. The zero-order valence-corrected chi connectivity index (χ0v) is 18.4. The largest absolute Gasteiger partial charge is 0.497 e. The third kappa shape index (κ3) is 4.14. The first kappa shape index (κ1) is 20.3. The second-order valence-electron chi connectivity index (χ2n) is 7.01. The lowest BCUT2D eigenvalue weighted by Crippen LogP contribution is -2.33. The van der Waals surface area contributed by atoms with Gasteiger partial charge in [-0.2, -0.15) is 0 Å². The molecule has 1 unspecified atom stereocenters. The number of hydrogen-bond donors (Lipinski definition) is 0. The number of carbonyl (C=O) groups excluding carboxylic acids is 1. The van der Waals surface area contributed by atoms with E-state index in [0.717, 1.165) is 38.4 Å². The third-order valence-corrected chi connectivity index (χ3v) is 5.74. The van der Waals surface area contributed by atoms with Crippen molar-refractivity contribution in [2.24, 2.45) is 0 Å². The zero-order valence-electron chi connectivity index (χ0n) is 16.8. The molecule has 0 bridgehead atoms. The predicted molar refractivity (Wildman–Crippen MR) is 118 cm³/mol. The van der Waals surface area contributed by atoms with Gasteiger partial charge in [0, 0.05) is 16.6 Å². The molecule has 4 rings (SSSR count). The van der Waals surface area contributed by atoms with Crippen LogP contribution in [0.2, 0.25) is 0 Å². The van der Waals surface area contributed by atoms with E-state index in [9.17, 15) is 4.79 Å². The molecule has 154 valence electrons. The van der Waals surface area contributed by atoms with E-state index in [1.54, 1.807) is 14.2 Å². The second-order valence-corrected chi connectivity index (χ2v) is 7.93. The molecule has 1 aliphatic rings. The molecular weight excluding hydrogens is 446 g/mol. The SMILES string of the molecule is COc1ccc(OCC(c2ccc(OC)cc2)N2Cc3ccc(Br)cc3C2=O)cc1. The van der Waals surface area contributed by atoms with E-state index in [1.807, 2.05) is 71.6 Å². The van der Waals surface area contributed by atoms with Gasteiger partial charge in [0.05, 0.1) is 20.3 Å². The number of amides is 1. The average molecular weight is 468 g/mol. The van der Waals surface area contributed by atoms with Crippen molar-refractivity contribution in [2.45, 2.75) is 12.6 Å². The Morgan fingerprint density at radius 3 is 2.13 bits per heavy atom. The lowest BCUT2D eigenvalue weighted by atomic mass is 10.1. The van der Waals surface area contributed by atoms with Crippen molar-refractivity contribution in [2.75, 3.05) is 20.8 Å². The van der Waals surface area contributed by atoms with Crippen LogP contribution in [0, 0.1) is 0 Å². The van der Waals surface area contributed by atoms with Crippen molar-refractivity contribution in [3.8, 4) is 17.2 Å². The molecule has 30 heavy (non-hydrogen) atoms. The van der Waals surface area contributed by atoms with Gasteiger partial charge in [0.15, 0.2) is 0 Å². The van der Waals surface area contributed by atoms with Crippen LogP contribution in [-0.2, 0) is 6.54 Å². The van der Waals surface area contributed by atoms with Crippen LogP contribution in [0.25, 0.3) is 0 Å². The van der Waals surface area contributed by atoms with Gasteiger partial charge in [0.2, 0.25) is 0 Å². The first-order valence-electron chi connectivity index (χ1n) is 9.59. The summed E-state index contributed by atoms with van der Waals surface area (Å²) >= 11 is 3.46. The minimum Gasteiger partial charge on any atom is -0.497 e. The highest BCUT2D eigenvalue weighted by Gasteiger charge is 2.34. The van der Waals surface area contributed by atoms with Gasteiger partial charge in [0.1, 0.15) is 23.9 Å². The number of benzene rings is 3. The highest BCUT2D eigenvalue weighted by atomic mass is 79.9. The number of rotatable bonds is 7. The summed E-state index contributed by atoms with van der Waals surface area (Å²) in [5, 5.41) is 0. The Morgan fingerprint density at radius 2 is 1.50 bits per heavy atom. The van der Waals surface area contributed by atoms with E-state index < -0.39 is 0 Å². The maximum absolute atomic E-state index is 13.2. The normalized spacial score (nSPS) is 13.7. The Labute approximate surface area is 184 Å². The van der Waals surface area contributed by atoms with Crippen molar-refractivity contribution in [3.05, 3.63) is 87.9 Å². The maximum atomic E-state index is 13.2. The highest BCUT2D eigenvalue weighted by molar-refractivity contribution is 9.10. The molecular formula is C24H22BrNO4. The summed E-state index contributed by atoms with van der Waals surface area (Å²) in [5.41, 5.74) is 2.74. The molecule has 0 aromatic heterocycles. The van der Waals surface area contributed by atoms with Crippen molar-refractivity contribution in [3.63, 3.8) is 0 Å². The number of hydrogen-bond acceptors (Lipinski definition) is 4. The van der Waals surface area contributed by atoms with Crippen molar-refractivity contribution >= 4 is 21.8 Å². The number of fused-ring (bicyclic) bond motifs is 1. The summed E-state index contributed by atoms with van der Waals surface area (Å²) in [4.78, 5) is 15.1. The summed E-state index contributed by atoms with van der Waals surface area (Å²) in [6, 6.07) is 20.8. The standard InChI is InChI=1S/C24H22BrNO4/c1-28-19-7-4-16(5-8-19)23(15-30-21-11-9-20(29-2)10-12-21)26-14-17-3-6-18(25)13-22(17)24(26)27/h3-13,23H,14-15H2,1-2H3. The van der Waals surface area contributed by atoms with E-state index in [0.29, 0.717) is 13.2 Å². The van der Waals surface area contributed by atoms with Crippen molar-refractivity contribution < 1.29 is 19.0 Å². The molecule has 0 radical (unpaired) electrons. The van der Waals surface area contributed by atoms with Gasteiger partial charge in [-0.1, -0.05) is 34.1 Å². The second kappa shape index (κ2) is 8.79. The predicted octanol–water partition coefficient (Wildman–Crippen LogP) is 5.24. The van der Waals surface area contributed by atoms with Crippen molar-refractivity contribution in [1.82, 2.24) is 4.90 Å². The van der Waals surface area contributed by atoms with E-state index in [4.69, 9.17) is 14.2 Å². The topological polar surface area (TPSA) is 48.0 Å². The maximum Gasteiger partial charge on any atom is 0.255 e. The number of ether oxygens (including phenoxy) is 3. The quantitative estimate of drug-likeness (QED) is 0.476. The average Bonchev–Trinajstić information content (AvgIpc) is 3.10. The number of carbonyl (C=O) groups is 1. The third-order valence-electron chi connectivity index (χ3n) is 5.25. The molecule has 0 N–H and O–H groups in total. The van der Waals surface area contributed by atoms with Gasteiger partial charge in [0.25, 0.3) is 5.91 Å². The minimum absolute atomic E-state index is 0.00505. The fourth-order valence-corrected chi connectivity index (χ4v) is 3.95. The lowest BCUT2D eigenvalue weighted by molar-refractivity contribution is 0.0635. The Kier molecular flexibility index (Phi) is 5.95. The van der Waals surface area contributed by atoms with Crippen LogP contribution in [0.5, 0.6) is 17.2 Å². The van der Waals surface area contributed by atoms with Gasteiger partial charge in [-0.25, -0.2) is 0 Å². The molecule has 3 aromatic carbocycles.